The Labute approximate surface area is 147 Å². The summed E-state index contributed by atoms with van der Waals surface area (Å²) in [6.07, 6.45) is 1.79. The molecule has 0 saturated carbocycles. The number of aromatic amines is 1. The smallest absolute Gasteiger partial charge is 0.196 e. The third kappa shape index (κ3) is 2.70. The van der Waals surface area contributed by atoms with Crippen LogP contribution in [0.4, 0.5) is 5.82 Å². The molecule has 0 fully saturated rings. The third-order valence-corrected chi connectivity index (χ3v) is 4.73. The molecule has 124 valence electrons. The van der Waals surface area contributed by atoms with Crippen molar-refractivity contribution in [3.05, 3.63) is 68.9 Å². The molecule has 0 bridgehead atoms. The summed E-state index contributed by atoms with van der Waals surface area (Å²) in [7, 11) is 0. The minimum absolute atomic E-state index is 0.176. The van der Waals surface area contributed by atoms with Crippen LogP contribution in [0.15, 0.2) is 35.7 Å². The van der Waals surface area contributed by atoms with Crippen molar-refractivity contribution in [2.45, 2.75) is 45.4 Å². The number of anilines is 1. The second kappa shape index (κ2) is 6.70. The van der Waals surface area contributed by atoms with E-state index in [0.717, 1.165) is 46.9 Å². The number of nitrogens with zero attached hydrogens (tertiary/aromatic N) is 2. The predicted octanol–water partition coefficient (Wildman–Crippen LogP) is 5.67. The molecule has 3 rings (SSSR count). The number of H-pyrrole nitrogens is 1. The number of hydrogen-bond donors (Lipinski definition) is 2. The summed E-state index contributed by atoms with van der Waals surface area (Å²) in [5.74, 6) is 0.928. The van der Waals surface area contributed by atoms with Gasteiger partial charge < -0.3 is 5.32 Å². The van der Waals surface area contributed by atoms with E-state index in [0.29, 0.717) is 5.02 Å². The average molecular weight is 341 g/mol. The Bertz CT molecular complexity index is 826. The van der Waals surface area contributed by atoms with Gasteiger partial charge in [-0.1, -0.05) is 57.0 Å². The molecule has 4 nitrogen and oxygen atoms in total. The van der Waals surface area contributed by atoms with Crippen LogP contribution in [0.3, 0.4) is 0 Å². The Morgan fingerprint density at radius 1 is 1.33 bits per heavy atom. The lowest BCUT2D eigenvalue weighted by atomic mass is 9.83. The zero-order valence-corrected chi connectivity index (χ0v) is 14.9. The molecule has 5 heteroatoms. The lowest BCUT2D eigenvalue weighted by molar-refractivity contribution is 0.781. The molecule has 1 unspecified atom stereocenters. The van der Waals surface area contributed by atoms with Gasteiger partial charge >= 0.3 is 0 Å². The van der Waals surface area contributed by atoms with Gasteiger partial charge in [-0.3, -0.25) is 5.10 Å². The van der Waals surface area contributed by atoms with Gasteiger partial charge in [-0.2, -0.15) is 5.10 Å². The molecule has 0 radical (unpaired) electrons. The fraction of sp³-hybridized carbons (Fsp3) is 0.368. The molecule has 2 heterocycles. The molecule has 1 aromatic carbocycles. The topological polar surface area (TPSA) is 45.1 Å². The largest absolute Gasteiger partial charge is 0.352 e. The molecule has 0 spiro atoms. The van der Waals surface area contributed by atoms with Crippen molar-refractivity contribution >= 4 is 17.4 Å². The fourth-order valence-electron chi connectivity index (χ4n) is 3.29. The van der Waals surface area contributed by atoms with Crippen molar-refractivity contribution in [1.82, 2.24) is 10.2 Å². The van der Waals surface area contributed by atoms with Gasteiger partial charge in [0.1, 0.15) is 0 Å². The molecule has 24 heavy (non-hydrogen) atoms. The second-order valence-corrected chi connectivity index (χ2v) is 6.77. The molecule has 0 aliphatic carbocycles. The number of halogens is 1. The van der Waals surface area contributed by atoms with Crippen molar-refractivity contribution in [2.75, 3.05) is 5.32 Å². The van der Waals surface area contributed by atoms with Gasteiger partial charge in [0.25, 0.3) is 0 Å². The van der Waals surface area contributed by atoms with Crippen LogP contribution < -0.4 is 5.32 Å². The zero-order chi connectivity index (χ0) is 17.3. The predicted molar refractivity (Wildman–Crippen MR) is 98.1 cm³/mol. The second-order valence-electron chi connectivity index (χ2n) is 6.36. The maximum Gasteiger partial charge on any atom is 0.196 e. The van der Waals surface area contributed by atoms with Crippen molar-refractivity contribution < 1.29 is 0 Å². The van der Waals surface area contributed by atoms with Crippen molar-refractivity contribution in [2.24, 2.45) is 0 Å². The first-order valence-corrected chi connectivity index (χ1v) is 8.66. The molecule has 2 aromatic rings. The summed E-state index contributed by atoms with van der Waals surface area (Å²) in [6.45, 7) is 14.1. The standard InChI is InChI=1S/C19H21ClN4/c1-5-8-14-18(21-4)15(12-9-6-7-10-13(12)20)16-17(11(2)3)23-24-19(16)22-14/h6-7,9-11,15H,5,8H2,1-3H3,(H2,22,23,24). The molecule has 1 aromatic heterocycles. The number of aromatic nitrogens is 2. The highest BCUT2D eigenvalue weighted by atomic mass is 35.5. The van der Waals surface area contributed by atoms with Crippen molar-refractivity contribution in [3.8, 4) is 0 Å². The summed E-state index contributed by atoms with van der Waals surface area (Å²) in [5.41, 5.74) is 4.74. The molecule has 0 saturated heterocycles. The van der Waals surface area contributed by atoms with E-state index < -0.39 is 0 Å². The van der Waals surface area contributed by atoms with Gasteiger partial charge in [-0.05, 0) is 24.0 Å². The van der Waals surface area contributed by atoms with Gasteiger partial charge in [0.2, 0.25) is 0 Å². The number of allylic oxidation sites excluding steroid dienone is 2. The number of benzene rings is 1. The zero-order valence-electron chi connectivity index (χ0n) is 14.2. The van der Waals surface area contributed by atoms with E-state index in [1.54, 1.807) is 0 Å². The van der Waals surface area contributed by atoms with Crippen LogP contribution in [0.25, 0.3) is 4.85 Å². The quantitative estimate of drug-likeness (QED) is 0.704. The summed E-state index contributed by atoms with van der Waals surface area (Å²) >= 11 is 6.49. The molecule has 1 aliphatic rings. The number of hydrogen-bond acceptors (Lipinski definition) is 2. The first-order valence-electron chi connectivity index (χ1n) is 8.28. The Balaban J connectivity index is 2.27. The van der Waals surface area contributed by atoms with Crippen LogP contribution in [-0.4, -0.2) is 10.2 Å². The van der Waals surface area contributed by atoms with Gasteiger partial charge in [-0.15, -0.1) is 0 Å². The highest BCUT2D eigenvalue weighted by Gasteiger charge is 2.35. The average Bonchev–Trinajstić information content (AvgIpc) is 2.98. The van der Waals surface area contributed by atoms with Crippen LogP contribution in [0.2, 0.25) is 5.02 Å². The van der Waals surface area contributed by atoms with Crippen LogP contribution >= 0.6 is 11.6 Å². The fourth-order valence-corrected chi connectivity index (χ4v) is 3.54. The number of rotatable bonds is 4. The molecule has 1 aliphatic heterocycles. The van der Waals surface area contributed by atoms with E-state index in [-0.39, 0.29) is 11.8 Å². The Morgan fingerprint density at radius 3 is 2.71 bits per heavy atom. The van der Waals surface area contributed by atoms with Crippen LogP contribution in [-0.2, 0) is 0 Å². The van der Waals surface area contributed by atoms with Crippen LogP contribution in [0, 0.1) is 6.57 Å². The summed E-state index contributed by atoms with van der Waals surface area (Å²) in [4.78, 5) is 3.89. The molecule has 1 atom stereocenters. The van der Waals surface area contributed by atoms with E-state index in [2.05, 4.69) is 41.1 Å². The monoisotopic (exact) mass is 340 g/mol. The van der Waals surface area contributed by atoms with Crippen molar-refractivity contribution in [1.29, 1.82) is 0 Å². The first kappa shape index (κ1) is 16.6. The Kier molecular flexibility index (Phi) is 4.64. The molecular weight excluding hydrogens is 320 g/mol. The highest BCUT2D eigenvalue weighted by molar-refractivity contribution is 6.31. The minimum Gasteiger partial charge on any atom is -0.352 e. The van der Waals surface area contributed by atoms with Crippen LogP contribution in [0.5, 0.6) is 0 Å². The third-order valence-electron chi connectivity index (χ3n) is 4.39. The Morgan fingerprint density at radius 2 is 2.08 bits per heavy atom. The molecular formula is C19H21ClN4. The normalized spacial score (nSPS) is 16.8. The van der Waals surface area contributed by atoms with E-state index in [9.17, 15) is 0 Å². The summed E-state index contributed by atoms with van der Waals surface area (Å²) < 4.78 is 0. The maximum absolute atomic E-state index is 7.78. The lowest BCUT2D eigenvalue weighted by Crippen LogP contribution is -2.18. The lowest BCUT2D eigenvalue weighted by Gasteiger charge is -2.28. The van der Waals surface area contributed by atoms with Gasteiger partial charge in [-0.25, -0.2) is 4.85 Å². The van der Waals surface area contributed by atoms with Crippen molar-refractivity contribution in [3.63, 3.8) is 0 Å². The minimum atomic E-state index is -0.176. The highest BCUT2D eigenvalue weighted by Crippen LogP contribution is 2.47. The van der Waals surface area contributed by atoms with Gasteiger partial charge in [0.15, 0.2) is 11.5 Å². The maximum atomic E-state index is 7.78. The van der Waals surface area contributed by atoms with Crippen LogP contribution in [0.1, 0.15) is 62.3 Å². The van der Waals surface area contributed by atoms with E-state index in [1.807, 2.05) is 24.3 Å². The summed E-state index contributed by atoms with van der Waals surface area (Å²) in [5, 5.41) is 11.7. The SMILES string of the molecule is [C-]#[N+]C1=C(CCC)Nc2n[nH]c(C(C)C)c2C1c1ccccc1Cl. The molecule has 0 amide bonds. The number of nitrogens with one attached hydrogen (secondary N) is 2. The van der Waals surface area contributed by atoms with Gasteiger partial charge in [0.05, 0.1) is 12.5 Å². The number of fused-ring (bicyclic) bond motifs is 1. The van der Waals surface area contributed by atoms with Gasteiger partial charge in [0, 0.05) is 22.0 Å². The van der Waals surface area contributed by atoms with E-state index in [4.69, 9.17) is 18.2 Å². The van der Waals surface area contributed by atoms with E-state index >= 15 is 0 Å². The first-order chi connectivity index (χ1) is 11.6. The Hall–Kier alpha value is -2.25. The molecule has 2 N–H and O–H groups in total. The van der Waals surface area contributed by atoms with E-state index in [1.165, 1.54) is 0 Å². The summed E-state index contributed by atoms with van der Waals surface area (Å²) in [6, 6.07) is 7.78.